The number of phenolic OH excluding ortho intramolecular Hbond substituents is 2. The summed E-state index contributed by atoms with van der Waals surface area (Å²) in [6, 6.07) is 8.54. The number of rotatable bonds is 5. The van der Waals surface area contributed by atoms with Crippen molar-refractivity contribution in [3.63, 3.8) is 0 Å². The predicted octanol–water partition coefficient (Wildman–Crippen LogP) is 3.51. The number of anilines is 1. The zero-order valence-corrected chi connectivity index (χ0v) is 19.0. The number of hydroxylamine groups is 1. The first kappa shape index (κ1) is 22.0. The Labute approximate surface area is 188 Å². The van der Waals surface area contributed by atoms with E-state index in [1.165, 1.54) is 17.3 Å². The minimum absolute atomic E-state index is 0.0338. The second-order valence-electron chi connectivity index (χ2n) is 8.74. The van der Waals surface area contributed by atoms with Gasteiger partial charge in [0.15, 0.2) is 11.8 Å². The van der Waals surface area contributed by atoms with E-state index in [1.54, 1.807) is 6.07 Å². The first-order chi connectivity index (χ1) is 15.3. The summed E-state index contributed by atoms with van der Waals surface area (Å²) in [4.78, 5) is 20.9. The molecule has 0 aromatic heterocycles. The SMILES string of the molecule is CCNC(=O)C1NOC(c2cc(C(C)C)c(O)cc2O)=C1c1ccc2c(c1)CCCN2C. The van der Waals surface area contributed by atoms with Crippen LogP contribution in [0.15, 0.2) is 30.3 Å². The Bertz CT molecular complexity index is 1080. The average Bonchev–Trinajstić information content (AvgIpc) is 3.18. The summed E-state index contributed by atoms with van der Waals surface area (Å²) >= 11 is 0. The van der Waals surface area contributed by atoms with Crippen LogP contribution in [-0.2, 0) is 16.1 Å². The lowest BCUT2D eigenvalue weighted by Gasteiger charge is -2.28. The minimum Gasteiger partial charge on any atom is -0.508 e. The van der Waals surface area contributed by atoms with E-state index >= 15 is 0 Å². The molecule has 0 saturated heterocycles. The summed E-state index contributed by atoms with van der Waals surface area (Å²) in [5.41, 5.74) is 7.94. The minimum atomic E-state index is -0.722. The maximum atomic E-state index is 12.9. The van der Waals surface area contributed by atoms with Gasteiger partial charge in [-0.05, 0) is 60.6 Å². The lowest BCUT2D eigenvalue weighted by molar-refractivity contribution is -0.123. The molecule has 2 aromatic rings. The van der Waals surface area contributed by atoms with Crippen molar-refractivity contribution in [3.8, 4) is 11.5 Å². The van der Waals surface area contributed by atoms with E-state index in [1.807, 2.05) is 26.8 Å². The number of amides is 1. The van der Waals surface area contributed by atoms with Crippen LogP contribution in [0, 0.1) is 0 Å². The second-order valence-corrected chi connectivity index (χ2v) is 8.74. The van der Waals surface area contributed by atoms with E-state index in [-0.39, 0.29) is 23.3 Å². The molecule has 0 fully saturated rings. The fraction of sp³-hybridized carbons (Fsp3) is 0.400. The first-order valence-corrected chi connectivity index (χ1v) is 11.2. The van der Waals surface area contributed by atoms with Gasteiger partial charge in [-0.25, -0.2) is 0 Å². The number of aromatic hydroxyl groups is 2. The molecule has 1 amide bonds. The van der Waals surface area contributed by atoms with Crippen LogP contribution in [-0.4, -0.2) is 42.3 Å². The number of carbonyl (C=O) groups excluding carboxylic acids is 1. The van der Waals surface area contributed by atoms with Crippen molar-refractivity contribution in [3.05, 3.63) is 52.6 Å². The quantitative estimate of drug-likeness (QED) is 0.572. The van der Waals surface area contributed by atoms with E-state index in [4.69, 9.17) is 4.84 Å². The van der Waals surface area contributed by atoms with Gasteiger partial charge in [0.05, 0.1) is 5.56 Å². The fourth-order valence-corrected chi connectivity index (χ4v) is 4.51. The van der Waals surface area contributed by atoms with E-state index in [2.05, 4.69) is 34.9 Å². The Morgan fingerprint density at radius 2 is 2.03 bits per heavy atom. The zero-order valence-electron chi connectivity index (χ0n) is 19.0. The Kier molecular flexibility index (Phi) is 6.02. The molecular weight excluding hydrogens is 406 g/mol. The lowest BCUT2D eigenvalue weighted by atomic mass is 9.90. The molecule has 1 atom stereocenters. The van der Waals surface area contributed by atoms with Gasteiger partial charge in [-0.15, -0.1) is 5.48 Å². The standard InChI is InChI=1S/C25H31N3O4/c1-5-26-25(31)23-22(16-8-9-19-15(11-16)7-6-10-28(19)4)24(32-27-23)18-12-17(14(2)3)20(29)13-21(18)30/h8-9,11-14,23,27,29-30H,5-7,10H2,1-4H3,(H,26,31). The van der Waals surface area contributed by atoms with Crippen molar-refractivity contribution in [2.24, 2.45) is 0 Å². The average molecular weight is 438 g/mol. The summed E-state index contributed by atoms with van der Waals surface area (Å²) < 4.78 is 0. The van der Waals surface area contributed by atoms with E-state index in [0.717, 1.165) is 24.9 Å². The number of nitrogens with zero attached hydrogens (tertiary/aromatic N) is 1. The molecular formula is C25H31N3O4. The van der Waals surface area contributed by atoms with Crippen LogP contribution in [0.5, 0.6) is 11.5 Å². The van der Waals surface area contributed by atoms with Crippen LogP contribution in [0.2, 0.25) is 0 Å². The van der Waals surface area contributed by atoms with Crippen LogP contribution < -0.4 is 15.7 Å². The van der Waals surface area contributed by atoms with Crippen LogP contribution in [0.3, 0.4) is 0 Å². The number of fused-ring (bicyclic) bond motifs is 1. The van der Waals surface area contributed by atoms with Crippen molar-refractivity contribution in [2.75, 3.05) is 25.0 Å². The number of carbonyl (C=O) groups is 1. The molecule has 7 heteroatoms. The Hall–Kier alpha value is -3.19. The molecule has 2 heterocycles. The highest BCUT2D eigenvalue weighted by atomic mass is 16.7. The summed E-state index contributed by atoms with van der Waals surface area (Å²) in [7, 11) is 2.09. The molecule has 2 aliphatic rings. The number of aryl methyl sites for hydroxylation is 1. The zero-order chi connectivity index (χ0) is 23.0. The molecule has 7 nitrogen and oxygen atoms in total. The summed E-state index contributed by atoms with van der Waals surface area (Å²) in [5, 5.41) is 23.8. The highest BCUT2D eigenvalue weighted by Crippen LogP contribution is 2.42. The molecule has 4 N–H and O–H groups in total. The topological polar surface area (TPSA) is 94.1 Å². The molecule has 0 saturated carbocycles. The van der Waals surface area contributed by atoms with Gasteiger partial charge in [0.25, 0.3) is 0 Å². The Morgan fingerprint density at radius 1 is 1.25 bits per heavy atom. The summed E-state index contributed by atoms with van der Waals surface area (Å²) in [6.07, 6.45) is 2.04. The van der Waals surface area contributed by atoms with Crippen molar-refractivity contribution < 1.29 is 19.8 Å². The van der Waals surface area contributed by atoms with Crippen LogP contribution in [0.1, 0.15) is 55.4 Å². The normalized spacial score (nSPS) is 18.0. The number of hydrogen-bond acceptors (Lipinski definition) is 6. The Morgan fingerprint density at radius 3 is 2.75 bits per heavy atom. The van der Waals surface area contributed by atoms with Crippen molar-refractivity contribution in [1.29, 1.82) is 0 Å². The number of phenols is 2. The van der Waals surface area contributed by atoms with E-state index < -0.39 is 6.04 Å². The van der Waals surface area contributed by atoms with Gasteiger partial charge in [0.1, 0.15) is 11.5 Å². The largest absolute Gasteiger partial charge is 0.508 e. The molecule has 1 unspecified atom stereocenters. The second kappa shape index (κ2) is 8.74. The molecule has 0 spiro atoms. The number of benzene rings is 2. The third-order valence-corrected chi connectivity index (χ3v) is 6.18. The van der Waals surface area contributed by atoms with Crippen molar-refractivity contribution in [2.45, 2.75) is 45.6 Å². The number of hydrogen-bond donors (Lipinski definition) is 4. The van der Waals surface area contributed by atoms with Gasteiger partial charge in [0, 0.05) is 37.5 Å². The summed E-state index contributed by atoms with van der Waals surface area (Å²) in [6.45, 7) is 7.32. The molecule has 0 radical (unpaired) electrons. The van der Waals surface area contributed by atoms with E-state index in [9.17, 15) is 15.0 Å². The monoisotopic (exact) mass is 437 g/mol. The number of nitrogens with one attached hydrogen (secondary N) is 2. The fourth-order valence-electron chi connectivity index (χ4n) is 4.51. The van der Waals surface area contributed by atoms with Crippen LogP contribution in [0.25, 0.3) is 11.3 Å². The lowest BCUT2D eigenvalue weighted by Crippen LogP contribution is -2.41. The van der Waals surface area contributed by atoms with Gasteiger partial charge < -0.3 is 25.3 Å². The third-order valence-electron chi connectivity index (χ3n) is 6.18. The summed E-state index contributed by atoms with van der Waals surface area (Å²) in [5.74, 6) is 0.174. The van der Waals surface area contributed by atoms with Gasteiger partial charge in [-0.3, -0.25) is 4.79 Å². The smallest absolute Gasteiger partial charge is 0.245 e. The van der Waals surface area contributed by atoms with Gasteiger partial charge in [-0.1, -0.05) is 19.9 Å². The van der Waals surface area contributed by atoms with Crippen molar-refractivity contribution >= 4 is 22.9 Å². The molecule has 0 aliphatic carbocycles. The highest BCUT2D eigenvalue weighted by Gasteiger charge is 2.36. The van der Waals surface area contributed by atoms with Gasteiger partial charge in [-0.2, -0.15) is 0 Å². The van der Waals surface area contributed by atoms with Gasteiger partial charge >= 0.3 is 0 Å². The highest BCUT2D eigenvalue weighted by molar-refractivity contribution is 6.05. The maximum Gasteiger partial charge on any atom is 0.245 e. The van der Waals surface area contributed by atoms with Gasteiger partial charge in [0.2, 0.25) is 5.91 Å². The Balaban J connectivity index is 1.90. The molecule has 170 valence electrons. The molecule has 2 aromatic carbocycles. The molecule has 32 heavy (non-hydrogen) atoms. The molecule has 0 bridgehead atoms. The van der Waals surface area contributed by atoms with Crippen LogP contribution >= 0.6 is 0 Å². The van der Waals surface area contributed by atoms with E-state index in [0.29, 0.717) is 29.0 Å². The first-order valence-electron chi connectivity index (χ1n) is 11.2. The van der Waals surface area contributed by atoms with Crippen molar-refractivity contribution in [1.82, 2.24) is 10.8 Å². The predicted molar refractivity (Wildman–Crippen MR) is 125 cm³/mol. The van der Waals surface area contributed by atoms with Crippen LogP contribution in [0.4, 0.5) is 5.69 Å². The third kappa shape index (κ3) is 3.88. The molecule has 4 rings (SSSR count). The molecule has 2 aliphatic heterocycles. The number of likely N-dealkylation sites (N-methyl/N-ethyl adjacent to an activating group) is 1. The maximum absolute atomic E-state index is 12.9.